The summed E-state index contributed by atoms with van der Waals surface area (Å²) >= 11 is 5.90. The van der Waals surface area contributed by atoms with E-state index >= 15 is 0 Å². The minimum absolute atomic E-state index is 0.0148. The molecular formula is C15H14ClN5. The van der Waals surface area contributed by atoms with Gasteiger partial charge in [-0.1, -0.05) is 11.6 Å². The fourth-order valence-electron chi connectivity index (χ4n) is 1.96. The predicted molar refractivity (Wildman–Crippen MR) is 82.6 cm³/mol. The van der Waals surface area contributed by atoms with E-state index in [0.717, 1.165) is 16.4 Å². The Morgan fingerprint density at radius 1 is 1.10 bits per heavy atom. The molecule has 0 unspecified atom stereocenters. The van der Waals surface area contributed by atoms with Crippen LogP contribution in [0.15, 0.2) is 55.2 Å². The van der Waals surface area contributed by atoms with Crippen molar-refractivity contribution in [3.63, 3.8) is 0 Å². The van der Waals surface area contributed by atoms with E-state index in [-0.39, 0.29) is 6.04 Å². The molecule has 0 spiro atoms. The second kappa shape index (κ2) is 5.93. The topological polar surface area (TPSA) is 55.6 Å². The van der Waals surface area contributed by atoms with Crippen LogP contribution >= 0.6 is 11.6 Å². The van der Waals surface area contributed by atoms with Crippen molar-refractivity contribution < 1.29 is 0 Å². The zero-order valence-corrected chi connectivity index (χ0v) is 12.2. The van der Waals surface area contributed by atoms with E-state index < -0.39 is 0 Å². The molecule has 0 fully saturated rings. The van der Waals surface area contributed by atoms with Gasteiger partial charge in [-0.25, -0.2) is 15.0 Å². The number of hydrogen-bond acceptors (Lipinski definition) is 4. The number of aromatic nitrogens is 4. The van der Waals surface area contributed by atoms with Gasteiger partial charge in [-0.2, -0.15) is 0 Å². The molecule has 5 nitrogen and oxygen atoms in total. The van der Waals surface area contributed by atoms with Gasteiger partial charge >= 0.3 is 0 Å². The van der Waals surface area contributed by atoms with E-state index in [0.29, 0.717) is 5.95 Å². The molecule has 0 amide bonds. The van der Waals surface area contributed by atoms with Gasteiger partial charge in [0.15, 0.2) is 0 Å². The largest absolute Gasteiger partial charge is 0.346 e. The molecule has 0 aliphatic heterocycles. The molecule has 0 saturated carbocycles. The first kappa shape index (κ1) is 13.6. The summed E-state index contributed by atoms with van der Waals surface area (Å²) in [6.07, 6.45) is 7.16. The van der Waals surface area contributed by atoms with Crippen molar-refractivity contribution in [1.29, 1.82) is 0 Å². The average molecular weight is 300 g/mol. The lowest BCUT2D eigenvalue weighted by atomic mass is 10.2. The van der Waals surface area contributed by atoms with Gasteiger partial charge in [0.2, 0.25) is 5.95 Å². The highest BCUT2D eigenvalue weighted by Gasteiger charge is 2.10. The van der Waals surface area contributed by atoms with Gasteiger partial charge in [0.1, 0.15) is 0 Å². The third kappa shape index (κ3) is 3.20. The van der Waals surface area contributed by atoms with Crippen LogP contribution in [-0.2, 0) is 0 Å². The number of benzene rings is 1. The van der Waals surface area contributed by atoms with Crippen molar-refractivity contribution in [2.45, 2.75) is 13.0 Å². The van der Waals surface area contributed by atoms with Crippen LogP contribution in [0.25, 0.3) is 5.69 Å². The lowest BCUT2D eigenvalue weighted by Crippen LogP contribution is -2.09. The number of imidazole rings is 1. The van der Waals surface area contributed by atoms with E-state index in [4.69, 9.17) is 11.6 Å². The van der Waals surface area contributed by atoms with Crippen molar-refractivity contribution in [3.8, 4) is 5.69 Å². The zero-order valence-electron chi connectivity index (χ0n) is 11.4. The second-order valence-corrected chi connectivity index (χ2v) is 5.06. The number of halogens is 1. The maximum atomic E-state index is 5.90. The maximum absolute atomic E-state index is 5.90. The molecular weight excluding hydrogens is 286 g/mol. The van der Waals surface area contributed by atoms with Gasteiger partial charge in [0, 0.05) is 29.3 Å². The van der Waals surface area contributed by atoms with Gasteiger partial charge in [-0.3, -0.25) is 0 Å². The predicted octanol–water partition coefficient (Wildman–Crippen LogP) is 3.49. The number of nitrogens with one attached hydrogen (secondary N) is 1. The van der Waals surface area contributed by atoms with Gasteiger partial charge < -0.3 is 9.88 Å². The first-order valence-electron chi connectivity index (χ1n) is 6.56. The molecule has 0 bridgehead atoms. The van der Waals surface area contributed by atoms with Crippen LogP contribution < -0.4 is 5.32 Å². The Kier molecular flexibility index (Phi) is 3.83. The Hall–Kier alpha value is -2.40. The molecule has 2 aromatic heterocycles. The molecule has 3 rings (SSSR count). The maximum Gasteiger partial charge on any atom is 0.223 e. The van der Waals surface area contributed by atoms with E-state index in [9.17, 15) is 0 Å². The van der Waals surface area contributed by atoms with Crippen LogP contribution in [0.4, 0.5) is 5.95 Å². The molecule has 0 radical (unpaired) electrons. The highest BCUT2D eigenvalue weighted by molar-refractivity contribution is 6.30. The molecule has 6 heteroatoms. The van der Waals surface area contributed by atoms with Crippen LogP contribution in [0.3, 0.4) is 0 Å². The van der Waals surface area contributed by atoms with Crippen LogP contribution in [0.1, 0.15) is 18.7 Å². The third-order valence-corrected chi connectivity index (χ3v) is 3.33. The molecule has 1 atom stereocenters. The molecule has 106 valence electrons. The number of rotatable bonds is 4. The number of anilines is 1. The van der Waals surface area contributed by atoms with Gasteiger partial charge in [-0.15, -0.1) is 0 Å². The summed E-state index contributed by atoms with van der Waals surface area (Å²) < 4.78 is 1.95. The quantitative estimate of drug-likeness (QED) is 0.801. The highest BCUT2D eigenvalue weighted by Crippen LogP contribution is 2.18. The molecule has 0 aliphatic carbocycles. The summed E-state index contributed by atoms with van der Waals surface area (Å²) in [6.45, 7) is 2.02. The first-order chi connectivity index (χ1) is 10.2. The Labute approximate surface area is 127 Å². The van der Waals surface area contributed by atoms with Gasteiger partial charge in [0.05, 0.1) is 18.1 Å². The molecule has 21 heavy (non-hydrogen) atoms. The fraction of sp³-hybridized carbons (Fsp3) is 0.133. The SMILES string of the molecule is C[C@H](Nc1ncccn1)c1cn(-c2ccc(Cl)cc2)cn1. The molecule has 0 aliphatic rings. The number of hydrogen-bond donors (Lipinski definition) is 1. The molecule has 3 aromatic rings. The minimum Gasteiger partial charge on any atom is -0.346 e. The minimum atomic E-state index is 0.0148. The van der Waals surface area contributed by atoms with Crippen molar-refractivity contribution in [2.75, 3.05) is 5.32 Å². The molecule has 2 heterocycles. The summed E-state index contributed by atoms with van der Waals surface area (Å²) in [4.78, 5) is 12.7. The van der Waals surface area contributed by atoms with Crippen molar-refractivity contribution in [2.24, 2.45) is 0 Å². The van der Waals surface area contributed by atoms with E-state index in [1.165, 1.54) is 0 Å². The van der Waals surface area contributed by atoms with Crippen LogP contribution in [0, 0.1) is 0 Å². The monoisotopic (exact) mass is 299 g/mol. The van der Waals surface area contributed by atoms with Crippen LogP contribution in [0.2, 0.25) is 5.02 Å². The van der Waals surface area contributed by atoms with E-state index in [1.807, 2.05) is 42.0 Å². The van der Waals surface area contributed by atoms with E-state index in [1.54, 1.807) is 24.8 Å². The Bertz CT molecular complexity index is 708. The van der Waals surface area contributed by atoms with Crippen molar-refractivity contribution in [3.05, 3.63) is 66.0 Å². The number of nitrogens with zero attached hydrogens (tertiary/aromatic N) is 4. The van der Waals surface area contributed by atoms with E-state index in [2.05, 4.69) is 20.3 Å². The highest BCUT2D eigenvalue weighted by atomic mass is 35.5. The summed E-state index contributed by atoms with van der Waals surface area (Å²) in [7, 11) is 0. The zero-order chi connectivity index (χ0) is 14.7. The lowest BCUT2D eigenvalue weighted by Gasteiger charge is -2.10. The lowest BCUT2D eigenvalue weighted by molar-refractivity contribution is 0.829. The summed E-state index contributed by atoms with van der Waals surface area (Å²) in [5, 5.41) is 3.93. The van der Waals surface area contributed by atoms with Gasteiger partial charge in [0.25, 0.3) is 0 Å². The fourth-order valence-corrected chi connectivity index (χ4v) is 2.08. The average Bonchev–Trinajstić information content (AvgIpc) is 2.99. The van der Waals surface area contributed by atoms with Crippen molar-refractivity contribution >= 4 is 17.5 Å². The smallest absolute Gasteiger partial charge is 0.223 e. The molecule has 1 N–H and O–H groups in total. The van der Waals surface area contributed by atoms with Crippen molar-refractivity contribution in [1.82, 2.24) is 19.5 Å². The Balaban J connectivity index is 1.76. The first-order valence-corrected chi connectivity index (χ1v) is 6.93. The Morgan fingerprint density at radius 2 is 1.81 bits per heavy atom. The normalized spacial score (nSPS) is 12.1. The Morgan fingerprint density at radius 3 is 2.52 bits per heavy atom. The third-order valence-electron chi connectivity index (χ3n) is 3.08. The molecule has 1 aromatic carbocycles. The molecule has 0 saturated heterocycles. The van der Waals surface area contributed by atoms with Crippen LogP contribution in [-0.4, -0.2) is 19.5 Å². The summed E-state index contributed by atoms with van der Waals surface area (Å²) in [6, 6.07) is 9.41. The second-order valence-electron chi connectivity index (χ2n) is 4.62. The van der Waals surface area contributed by atoms with Crippen LogP contribution in [0.5, 0.6) is 0 Å². The van der Waals surface area contributed by atoms with Gasteiger partial charge in [-0.05, 0) is 37.3 Å². The summed E-state index contributed by atoms with van der Waals surface area (Å²) in [5.74, 6) is 0.589. The summed E-state index contributed by atoms with van der Waals surface area (Å²) in [5.41, 5.74) is 1.93. The standard InChI is InChI=1S/C15H14ClN5/c1-11(20-15-17-7-2-8-18-15)14-9-21(10-19-14)13-5-3-12(16)4-6-13/h2-11H,1H3,(H,17,18,20)/t11-/m0/s1.